The van der Waals surface area contributed by atoms with Gasteiger partial charge >= 0.3 is 0 Å². The summed E-state index contributed by atoms with van der Waals surface area (Å²) in [4.78, 5) is 13.3. The van der Waals surface area contributed by atoms with E-state index in [1.54, 1.807) is 7.11 Å². The highest BCUT2D eigenvalue weighted by Crippen LogP contribution is 2.19. The molecule has 0 atom stereocenters. The average molecular weight is 249 g/mol. The molecule has 1 amide bonds. The second kappa shape index (κ2) is 6.28. The molecule has 0 saturated carbocycles. The Labute approximate surface area is 107 Å². The van der Waals surface area contributed by atoms with Crippen LogP contribution in [0.15, 0.2) is 24.3 Å². The van der Waals surface area contributed by atoms with Crippen molar-refractivity contribution in [2.75, 3.05) is 26.8 Å². The summed E-state index contributed by atoms with van der Waals surface area (Å²) in [7, 11) is 1.64. The number of carbonyl (C=O) groups excluding carboxylic acids is 1. The van der Waals surface area contributed by atoms with E-state index in [0.717, 1.165) is 37.4 Å². The van der Waals surface area contributed by atoms with E-state index in [9.17, 15) is 4.79 Å². The van der Waals surface area contributed by atoms with Crippen molar-refractivity contribution in [3.63, 3.8) is 0 Å². The zero-order chi connectivity index (χ0) is 12.8. The first-order chi connectivity index (χ1) is 8.79. The van der Waals surface area contributed by atoms with E-state index in [1.807, 2.05) is 29.2 Å². The molecule has 0 aliphatic carbocycles. The molecule has 2 rings (SSSR count). The molecule has 1 aliphatic heterocycles. The first kappa shape index (κ1) is 12.7. The summed E-state index contributed by atoms with van der Waals surface area (Å²) in [5.41, 5.74) is 0. The molecule has 1 heterocycles. The van der Waals surface area contributed by atoms with E-state index in [1.165, 1.54) is 0 Å². The van der Waals surface area contributed by atoms with Crippen molar-refractivity contribution in [1.29, 1.82) is 0 Å². The highest BCUT2D eigenvalue weighted by Gasteiger charge is 2.18. The molecule has 0 N–H and O–H groups in total. The van der Waals surface area contributed by atoms with Gasteiger partial charge in [-0.3, -0.25) is 4.79 Å². The van der Waals surface area contributed by atoms with Gasteiger partial charge in [-0.2, -0.15) is 0 Å². The van der Waals surface area contributed by atoms with Gasteiger partial charge in [0.25, 0.3) is 0 Å². The molecule has 1 fully saturated rings. The summed E-state index contributed by atoms with van der Waals surface area (Å²) in [5.74, 6) is 1.88. The third kappa shape index (κ3) is 3.39. The Kier molecular flexibility index (Phi) is 4.45. The molecule has 0 unspecified atom stereocenters. The molecule has 1 aliphatic rings. The Morgan fingerprint density at radius 2 is 2.17 bits per heavy atom. The highest BCUT2D eigenvalue weighted by atomic mass is 16.5. The van der Waals surface area contributed by atoms with Crippen molar-refractivity contribution in [3.05, 3.63) is 24.3 Å². The molecule has 18 heavy (non-hydrogen) atoms. The van der Waals surface area contributed by atoms with Gasteiger partial charge in [-0.25, -0.2) is 0 Å². The van der Waals surface area contributed by atoms with Gasteiger partial charge in [0.2, 0.25) is 5.91 Å². The summed E-state index contributed by atoms with van der Waals surface area (Å²) in [6.07, 6.45) is 2.56. The highest BCUT2D eigenvalue weighted by molar-refractivity contribution is 5.77. The number of hydrogen-bond donors (Lipinski definition) is 0. The fourth-order valence-corrected chi connectivity index (χ4v) is 2.08. The van der Waals surface area contributed by atoms with Gasteiger partial charge in [0.1, 0.15) is 11.5 Å². The van der Waals surface area contributed by atoms with Crippen molar-refractivity contribution < 1.29 is 14.3 Å². The lowest BCUT2D eigenvalue weighted by Crippen LogP contribution is -2.26. The molecule has 4 heteroatoms. The van der Waals surface area contributed by atoms with Crippen LogP contribution in [-0.4, -0.2) is 37.6 Å². The molecule has 1 aromatic rings. The van der Waals surface area contributed by atoms with Crippen LogP contribution in [0.4, 0.5) is 0 Å². The van der Waals surface area contributed by atoms with Gasteiger partial charge in [0.05, 0.1) is 13.7 Å². The molecule has 4 nitrogen and oxygen atoms in total. The molecular formula is C14H19NO3. The number of likely N-dealkylation sites (tertiary alicyclic amines) is 1. The fourth-order valence-electron chi connectivity index (χ4n) is 2.08. The normalized spacial score (nSPS) is 14.9. The lowest BCUT2D eigenvalue weighted by molar-refractivity contribution is -0.127. The van der Waals surface area contributed by atoms with Crippen molar-refractivity contribution in [1.82, 2.24) is 4.90 Å². The topological polar surface area (TPSA) is 38.8 Å². The number of methoxy groups -OCH3 is 1. The van der Waals surface area contributed by atoms with Crippen LogP contribution in [0.2, 0.25) is 0 Å². The van der Waals surface area contributed by atoms with Gasteiger partial charge in [0, 0.05) is 25.6 Å². The summed E-state index contributed by atoms with van der Waals surface area (Å²) < 4.78 is 10.7. The molecular weight excluding hydrogens is 230 g/mol. The van der Waals surface area contributed by atoms with Gasteiger partial charge in [-0.05, 0) is 25.0 Å². The quantitative estimate of drug-likeness (QED) is 0.725. The van der Waals surface area contributed by atoms with E-state index in [4.69, 9.17) is 9.47 Å². The van der Waals surface area contributed by atoms with Crippen LogP contribution >= 0.6 is 0 Å². The van der Waals surface area contributed by atoms with Crippen LogP contribution < -0.4 is 9.47 Å². The summed E-state index contributed by atoms with van der Waals surface area (Å²) >= 11 is 0. The number of amides is 1. The van der Waals surface area contributed by atoms with E-state index in [0.29, 0.717) is 13.0 Å². The largest absolute Gasteiger partial charge is 0.497 e. The van der Waals surface area contributed by atoms with Crippen LogP contribution in [-0.2, 0) is 4.79 Å². The molecule has 1 aromatic carbocycles. The van der Waals surface area contributed by atoms with Crippen LogP contribution in [0, 0.1) is 0 Å². The molecule has 98 valence electrons. The maximum Gasteiger partial charge on any atom is 0.222 e. The van der Waals surface area contributed by atoms with Crippen molar-refractivity contribution >= 4 is 5.91 Å². The zero-order valence-corrected chi connectivity index (χ0v) is 10.7. The Hall–Kier alpha value is -1.71. The van der Waals surface area contributed by atoms with E-state index >= 15 is 0 Å². The number of ether oxygens (including phenoxy) is 2. The van der Waals surface area contributed by atoms with Gasteiger partial charge in [0.15, 0.2) is 0 Å². The van der Waals surface area contributed by atoms with Crippen LogP contribution in [0.25, 0.3) is 0 Å². The van der Waals surface area contributed by atoms with Gasteiger partial charge < -0.3 is 14.4 Å². The molecule has 0 spiro atoms. The van der Waals surface area contributed by atoms with Gasteiger partial charge in [-0.15, -0.1) is 0 Å². The standard InChI is InChI=1S/C14H19NO3/c1-17-12-5-2-6-13(11-12)18-10-4-9-15-8-3-7-14(15)16/h2,5-6,11H,3-4,7-10H2,1H3. The first-order valence-corrected chi connectivity index (χ1v) is 6.34. The first-order valence-electron chi connectivity index (χ1n) is 6.34. The second-order valence-corrected chi connectivity index (χ2v) is 4.37. The smallest absolute Gasteiger partial charge is 0.222 e. The predicted molar refractivity (Wildman–Crippen MR) is 68.9 cm³/mol. The summed E-state index contributed by atoms with van der Waals surface area (Å²) in [5, 5.41) is 0. The fraction of sp³-hybridized carbons (Fsp3) is 0.500. The van der Waals surface area contributed by atoms with Crippen LogP contribution in [0.3, 0.4) is 0 Å². The van der Waals surface area contributed by atoms with E-state index < -0.39 is 0 Å². The lowest BCUT2D eigenvalue weighted by Gasteiger charge is -2.15. The molecule has 0 bridgehead atoms. The van der Waals surface area contributed by atoms with E-state index in [-0.39, 0.29) is 5.91 Å². The zero-order valence-electron chi connectivity index (χ0n) is 10.7. The van der Waals surface area contributed by atoms with Crippen molar-refractivity contribution in [2.24, 2.45) is 0 Å². The van der Waals surface area contributed by atoms with Crippen molar-refractivity contribution in [3.8, 4) is 11.5 Å². The minimum atomic E-state index is 0.274. The minimum Gasteiger partial charge on any atom is -0.497 e. The number of rotatable bonds is 6. The third-order valence-corrected chi connectivity index (χ3v) is 3.05. The number of hydrogen-bond acceptors (Lipinski definition) is 3. The maximum absolute atomic E-state index is 11.4. The minimum absolute atomic E-state index is 0.274. The number of benzene rings is 1. The van der Waals surface area contributed by atoms with Crippen LogP contribution in [0.1, 0.15) is 19.3 Å². The lowest BCUT2D eigenvalue weighted by atomic mass is 10.3. The van der Waals surface area contributed by atoms with Gasteiger partial charge in [-0.1, -0.05) is 6.07 Å². The van der Waals surface area contributed by atoms with Crippen LogP contribution in [0.5, 0.6) is 11.5 Å². The van der Waals surface area contributed by atoms with E-state index in [2.05, 4.69) is 0 Å². The van der Waals surface area contributed by atoms with Crippen molar-refractivity contribution in [2.45, 2.75) is 19.3 Å². The summed E-state index contributed by atoms with van der Waals surface area (Å²) in [6.45, 7) is 2.32. The molecule has 0 aromatic heterocycles. The second-order valence-electron chi connectivity index (χ2n) is 4.37. The predicted octanol–water partition coefficient (Wildman–Crippen LogP) is 2.09. The monoisotopic (exact) mass is 249 g/mol. The SMILES string of the molecule is COc1cccc(OCCCN2CCCC2=O)c1. The summed E-state index contributed by atoms with van der Waals surface area (Å²) in [6, 6.07) is 7.55. The number of carbonyl (C=O) groups is 1. The Morgan fingerprint density at radius 3 is 2.89 bits per heavy atom. The Morgan fingerprint density at radius 1 is 1.33 bits per heavy atom. The molecule has 1 saturated heterocycles. The average Bonchev–Trinajstić information content (AvgIpc) is 2.81. The number of nitrogens with zero attached hydrogens (tertiary/aromatic N) is 1. The third-order valence-electron chi connectivity index (χ3n) is 3.05. The Balaban J connectivity index is 1.70. The molecule has 0 radical (unpaired) electrons. The maximum atomic E-state index is 11.4. The Bertz CT molecular complexity index is 406.